The molecule has 0 aliphatic heterocycles. The lowest BCUT2D eigenvalue weighted by Gasteiger charge is -2.31. The molecule has 3 N–H and O–H groups in total. The molecule has 0 radical (unpaired) electrons. The van der Waals surface area contributed by atoms with Crippen LogP contribution < -0.4 is 15.8 Å². The molecule has 1 amide bonds. The van der Waals surface area contributed by atoms with Crippen molar-refractivity contribution in [3.63, 3.8) is 0 Å². The first-order valence-electron chi connectivity index (χ1n) is 8.70. The summed E-state index contributed by atoms with van der Waals surface area (Å²) in [5, 5.41) is 3.11. The molecule has 1 aliphatic rings. The van der Waals surface area contributed by atoms with Gasteiger partial charge in [-0.05, 0) is 36.5 Å². The van der Waals surface area contributed by atoms with Gasteiger partial charge >= 0.3 is 0 Å². The summed E-state index contributed by atoms with van der Waals surface area (Å²) >= 11 is 0. The summed E-state index contributed by atoms with van der Waals surface area (Å²) < 4.78 is 5.36. The number of carbonyl (C=O) groups is 1. The lowest BCUT2D eigenvalue weighted by atomic mass is 9.78. The van der Waals surface area contributed by atoms with Crippen LogP contribution in [0.25, 0.3) is 0 Å². The van der Waals surface area contributed by atoms with Gasteiger partial charge in [0.25, 0.3) is 0 Å². The first-order valence-corrected chi connectivity index (χ1v) is 8.70. The molecule has 4 nitrogen and oxygen atoms in total. The van der Waals surface area contributed by atoms with Crippen LogP contribution in [-0.4, -0.2) is 25.6 Å². The number of hydrogen-bond acceptors (Lipinski definition) is 3. The van der Waals surface area contributed by atoms with Gasteiger partial charge in [0.05, 0.1) is 13.2 Å². The number of halogens is 1. The number of hydrogen-bond donors (Lipinski definition) is 2. The molecule has 136 valence electrons. The summed E-state index contributed by atoms with van der Waals surface area (Å²) in [4.78, 5) is 12.3. The van der Waals surface area contributed by atoms with Crippen molar-refractivity contribution >= 4 is 18.3 Å². The fourth-order valence-electron chi connectivity index (χ4n) is 3.46. The predicted octanol–water partition coefficient (Wildman–Crippen LogP) is 3.42. The van der Waals surface area contributed by atoms with Gasteiger partial charge < -0.3 is 15.8 Å². The summed E-state index contributed by atoms with van der Waals surface area (Å²) in [6.45, 7) is 4.74. The van der Waals surface area contributed by atoms with E-state index in [9.17, 15) is 4.79 Å². The Labute approximate surface area is 151 Å². The molecule has 0 heterocycles. The highest BCUT2D eigenvalue weighted by molar-refractivity contribution is 5.85. The number of carbonyl (C=O) groups excluding carboxylic acids is 1. The Bertz CT molecular complexity index is 530. The molecule has 0 aromatic heterocycles. The maximum absolute atomic E-state index is 12.3. The van der Waals surface area contributed by atoms with Crippen molar-refractivity contribution in [3.8, 4) is 5.75 Å². The molecule has 1 aromatic rings. The van der Waals surface area contributed by atoms with Gasteiger partial charge in [-0.2, -0.15) is 0 Å². The Balaban J connectivity index is 0.00000288. The van der Waals surface area contributed by atoms with Crippen LogP contribution in [0, 0.1) is 5.92 Å². The van der Waals surface area contributed by atoms with Gasteiger partial charge in [0, 0.05) is 12.0 Å². The average Bonchev–Trinajstić information content (AvgIpc) is 3.08. The smallest absolute Gasteiger partial charge is 0.237 e. The molecule has 5 heteroatoms. The third kappa shape index (κ3) is 4.64. The lowest BCUT2D eigenvalue weighted by molar-refractivity contribution is -0.123. The molecular formula is C19H31ClN2O2. The Kier molecular flexibility index (Phi) is 8.04. The lowest BCUT2D eigenvalue weighted by Crippen LogP contribution is -2.48. The zero-order valence-electron chi connectivity index (χ0n) is 15.0. The van der Waals surface area contributed by atoms with Crippen LogP contribution in [0.2, 0.25) is 0 Å². The molecule has 0 bridgehead atoms. The van der Waals surface area contributed by atoms with Crippen LogP contribution >= 0.6 is 12.4 Å². The summed E-state index contributed by atoms with van der Waals surface area (Å²) in [5.41, 5.74) is 7.32. The monoisotopic (exact) mass is 354 g/mol. The largest absolute Gasteiger partial charge is 0.497 e. The van der Waals surface area contributed by atoms with E-state index in [1.165, 1.54) is 18.4 Å². The summed E-state index contributed by atoms with van der Waals surface area (Å²) in [5.74, 6) is 1.04. The fourth-order valence-corrected chi connectivity index (χ4v) is 3.46. The van der Waals surface area contributed by atoms with E-state index in [0.717, 1.165) is 25.0 Å². The van der Waals surface area contributed by atoms with Crippen molar-refractivity contribution in [2.75, 3.05) is 13.7 Å². The second-order valence-electron chi connectivity index (χ2n) is 6.85. The van der Waals surface area contributed by atoms with Gasteiger partial charge in [0.1, 0.15) is 5.75 Å². The van der Waals surface area contributed by atoms with Crippen molar-refractivity contribution in [2.45, 2.75) is 57.4 Å². The highest BCUT2D eigenvalue weighted by Gasteiger charge is 2.36. The summed E-state index contributed by atoms with van der Waals surface area (Å²) in [6.07, 6.45) is 5.50. The molecular weight excluding hydrogens is 324 g/mol. The number of amides is 1. The van der Waals surface area contributed by atoms with Crippen molar-refractivity contribution < 1.29 is 9.53 Å². The topological polar surface area (TPSA) is 64.4 Å². The van der Waals surface area contributed by atoms with Crippen LogP contribution in [0.4, 0.5) is 0 Å². The van der Waals surface area contributed by atoms with Gasteiger partial charge in [-0.15, -0.1) is 12.4 Å². The molecule has 2 rings (SSSR count). The first kappa shape index (κ1) is 20.8. The van der Waals surface area contributed by atoms with Crippen LogP contribution in [0.3, 0.4) is 0 Å². The molecule has 1 aromatic carbocycles. The van der Waals surface area contributed by atoms with E-state index < -0.39 is 6.04 Å². The van der Waals surface area contributed by atoms with Gasteiger partial charge in [-0.25, -0.2) is 0 Å². The van der Waals surface area contributed by atoms with Crippen molar-refractivity contribution in [1.29, 1.82) is 0 Å². The second kappa shape index (κ2) is 9.28. The number of rotatable bonds is 7. The highest BCUT2D eigenvalue weighted by Crippen LogP contribution is 2.41. The number of nitrogens with two attached hydrogens (primary N) is 1. The zero-order valence-corrected chi connectivity index (χ0v) is 15.8. The number of methoxy groups -OCH3 is 1. The standard InChI is InChI=1S/C19H30N2O2.ClH/c1-4-14(2)17(20)18(22)21-13-19(10-5-6-11-19)15-8-7-9-16(12-15)23-3;/h7-9,12,14,17H,4-6,10-11,13,20H2,1-3H3,(H,21,22);1H. The molecule has 0 saturated heterocycles. The maximum Gasteiger partial charge on any atom is 0.237 e. The molecule has 1 saturated carbocycles. The molecule has 2 atom stereocenters. The molecule has 0 spiro atoms. The van der Waals surface area contributed by atoms with E-state index in [2.05, 4.69) is 24.4 Å². The summed E-state index contributed by atoms with van der Waals surface area (Å²) in [6, 6.07) is 7.81. The number of ether oxygens (including phenoxy) is 1. The minimum absolute atomic E-state index is 0. The van der Waals surface area contributed by atoms with Crippen LogP contribution in [0.15, 0.2) is 24.3 Å². The number of benzene rings is 1. The van der Waals surface area contributed by atoms with Crippen molar-refractivity contribution in [1.82, 2.24) is 5.32 Å². The number of nitrogens with one attached hydrogen (secondary N) is 1. The molecule has 1 aliphatic carbocycles. The van der Waals surface area contributed by atoms with E-state index in [1.54, 1.807) is 7.11 Å². The summed E-state index contributed by atoms with van der Waals surface area (Å²) in [7, 11) is 1.69. The van der Waals surface area contributed by atoms with E-state index in [0.29, 0.717) is 6.54 Å². The van der Waals surface area contributed by atoms with Gasteiger partial charge in [-0.3, -0.25) is 4.79 Å². The maximum atomic E-state index is 12.3. The van der Waals surface area contributed by atoms with Gasteiger partial charge in [-0.1, -0.05) is 45.2 Å². The Morgan fingerprint density at radius 2 is 2.04 bits per heavy atom. The quantitative estimate of drug-likeness (QED) is 0.788. The minimum atomic E-state index is -0.427. The molecule has 2 unspecified atom stereocenters. The SMILES string of the molecule is CCC(C)C(N)C(=O)NCC1(c2cccc(OC)c2)CCCC1.Cl. The van der Waals surface area contributed by atoms with E-state index in [-0.39, 0.29) is 29.6 Å². The third-order valence-corrected chi connectivity index (χ3v) is 5.40. The van der Waals surface area contributed by atoms with Gasteiger partial charge in [0.2, 0.25) is 5.91 Å². The van der Waals surface area contributed by atoms with Gasteiger partial charge in [0.15, 0.2) is 0 Å². The Morgan fingerprint density at radius 3 is 2.62 bits per heavy atom. The van der Waals surface area contributed by atoms with Crippen LogP contribution in [0.1, 0.15) is 51.5 Å². The van der Waals surface area contributed by atoms with E-state index >= 15 is 0 Å². The van der Waals surface area contributed by atoms with Crippen LogP contribution in [-0.2, 0) is 10.2 Å². The fraction of sp³-hybridized carbons (Fsp3) is 0.632. The molecule has 24 heavy (non-hydrogen) atoms. The zero-order chi connectivity index (χ0) is 16.9. The normalized spacial score (nSPS) is 18.3. The van der Waals surface area contributed by atoms with Crippen molar-refractivity contribution in [3.05, 3.63) is 29.8 Å². The Hall–Kier alpha value is -1.26. The van der Waals surface area contributed by atoms with E-state index in [4.69, 9.17) is 10.5 Å². The highest BCUT2D eigenvalue weighted by atomic mass is 35.5. The third-order valence-electron chi connectivity index (χ3n) is 5.40. The average molecular weight is 355 g/mol. The predicted molar refractivity (Wildman–Crippen MR) is 101 cm³/mol. The van der Waals surface area contributed by atoms with Crippen molar-refractivity contribution in [2.24, 2.45) is 11.7 Å². The van der Waals surface area contributed by atoms with E-state index in [1.807, 2.05) is 19.1 Å². The second-order valence-corrected chi connectivity index (χ2v) is 6.85. The minimum Gasteiger partial charge on any atom is -0.497 e. The molecule has 1 fully saturated rings. The Morgan fingerprint density at radius 1 is 1.38 bits per heavy atom. The first-order chi connectivity index (χ1) is 11.0. The van der Waals surface area contributed by atoms with Crippen LogP contribution in [0.5, 0.6) is 5.75 Å².